The Balaban J connectivity index is 1.66. The van der Waals surface area contributed by atoms with Crippen LogP contribution in [0.2, 0.25) is 0 Å². The number of aliphatic imine (C=N–C) groups is 1. The van der Waals surface area contributed by atoms with Crippen LogP contribution in [0.5, 0.6) is 0 Å². The van der Waals surface area contributed by atoms with Crippen LogP contribution in [-0.4, -0.2) is 27.0 Å². The SMILES string of the molecule is Cc1cc(=O)n2c(n1)NC(N1CCc3ccccc31)=N[C@H]2c1cccnc1. The van der Waals surface area contributed by atoms with E-state index < -0.39 is 6.17 Å². The second kappa shape index (κ2) is 6.05. The van der Waals surface area contributed by atoms with E-state index in [1.165, 1.54) is 11.6 Å². The van der Waals surface area contributed by atoms with Crippen molar-refractivity contribution in [3.63, 3.8) is 0 Å². The first-order chi connectivity index (χ1) is 13.2. The zero-order valence-electron chi connectivity index (χ0n) is 14.8. The molecule has 0 spiro atoms. The lowest BCUT2D eigenvalue weighted by Gasteiger charge is -2.30. The molecule has 3 aromatic rings. The van der Waals surface area contributed by atoms with Crippen molar-refractivity contribution in [2.45, 2.75) is 19.5 Å². The molecule has 0 aliphatic carbocycles. The zero-order chi connectivity index (χ0) is 18.4. The molecule has 2 aliphatic heterocycles. The van der Waals surface area contributed by atoms with E-state index in [0.29, 0.717) is 17.6 Å². The summed E-state index contributed by atoms with van der Waals surface area (Å²) in [7, 11) is 0. The van der Waals surface area contributed by atoms with E-state index >= 15 is 0 Å². The second-order valence-electron chi connectivity index (χ2n) is 6.70. The standard InChI is InChI=1S/C20H18N6O/c1-13-11-17(27)26-18(15-6-4-9-21-12-15)23-19(24-20(26)22-13)25-10-8-14-5-2-3-7-16(14)25/h2-7,9,11-12,18H,8,10H2,1H3,(H,22,23,24)/t18-/m1/s1. The van der Waals surface area contributed by atoms with Gasteiger partial charge >= 0.3 is 0 Å². The Morgan fingerprint density at radius 2 is 2.07 bits per heavy atom. The maximum absolute atomic E-state index is 12.7. The number of fused-ring (bicyclic) bond motifs is 2. The van der Waals surface area contributed by atoms with Gasteiger partial charge in [0.25, 0.3) is 5.56 Å². The summed E-state index contributed by atoms with van der Waals surface area (Å²) in [6.07, 6.45) is 3.91. The Bertz CT molecular complexity index is 1100. The zero-order valence-corrected chi connectivity index (χ0v) is 14.8. The van der Waals surface area contributed by atoms with Crippen LogP contribution >= 0.6 is 0 Å². The third-order valence-corrected chi connectivity index (χ3v) is 4.92. The fraction of sp³-hybridized carbons (Fsp3) is 0.200. The van der Waals surface area contributed by atoms with E-state index in [9.17, 15) is 4.79 Å². The number of pyridine rings is 1. The quantitative estimate of drug-likeness (QED) is 0.723. The predicted octanol–water partition coefficient (Wildman–Crippen LogP) is 2.34. The number of para-hydroxylation sites is 1. The molecule has 0 radical (unpaired) electrons. The van der Waals surface area contributed by atoms with Gasteiger partial charge in [0.2, 0.25) is 11.9 Å². The minimum Gasteiger partial charge on any atom is -0.312 e. The summed E-state index contributed by atoms with van der Waals surface area (Å²) in [4.78, 5) is 28.5. The lowest BCUT2D eigenvalue weighted by atomic mass is 10.2. The van der Waals surface area contributed by atoms with Crippen molar-refractivity contribution in [2.75, 3.05) is 16.8 Å². The summed E-state index contributed by atoms with van der Waals surface area (Å²) < 4.78 is 1.58. The highest BCUT2D eigenvalue weighted by Gasteiger charge is 2.30. The summed E-state index contributed by atoms with van der Waals surface area (Å²) in [5.41, 5.74) is 3.81. The molecule has 2 aliphatic rings. The van der Waals surface area contributed by atoms with Crippen LogP contribution in [0.15, 0.2) is 64.6 Å². The fourth-order valence-corrected chi connectivity index (χ4v) is 3.68. The monoisotopic (exact) mass is 358 g/mol. The molecule has 27 heavy (non-hydrogen) atoms. The Hall–Kier alpha value is -3.48. The van der Waals surface area contributed by atoms with Crippen molar-refractivity contribution in [1.82, 2.24) is 14.5 Å². The van der Waals surface area contributed by atoms with Crippen LogP contribution in [0.4, 0.5) is 11.6 Å². The maximum Gasteiger partial charge on any atom is 0.257 e. The van der Waals surface area contributed by atoms with Crippen molar-refractivity contribution < 1.29 is 0 Å². The smallest absolute Gasteiger partial charge is 0.257 e. The third kappa shape index (κ3) is 2.59. The van der Waals surface area contributed by atoms with Crippen LogP contribution in [-0.2, 0) is 6.42 Å². The molecular weight excluding hydrogens is 340 g/mol. The van der Waals surface area contributed by atoms with E-state index in [-0.39, 0.29) is 5.56 Å². The van der Waals surface area contributed by atoms with E-state index in [1.807, 2.05) is 25.1 Å². The van der Waals surface area contributed by atoms with Crippen molar-refractivity contribution in [1.29, 1.82) is 0 Å². The van der Waals surface area contributed by atoms with Gasteiger partial charge < -0.3 is 4.90 Å². The molecular formula is C20H18N6O. The van der Waals surface area contributed by atoms with Crippen LogP contribution in [0.25, 0.3) is 0 Å². The van der Waals surface area contributed by atoms with Gasteiger partial charge in [-0.25, -0.2) is 9.98 Å². The molecule has 1 N–H and O–H groups in total. The molecule has 0 saturated heterocycles. The summed E-state index contributed by atoms with van der Waals surface area (Å²) in [5, 5.41) is 3.27. The molecule has 0 unspecified atom stereocenters. The average molecular weight is 358 g/mol. The van der Waals surface area contributed by atoms with Gasteiger partial charge in [-0.15, -0.1) is 0 Å². The van der Waals surface area contributed by atoms with E-state index in [2.05, 4.69) is 38.4 Å². The number of aromatic nitrogens is 3. The Labute approximate surface area is 156 Å². The predicted molar refractivity (Wildman–Crippen MR) is 104 cm³/mol. The van der Waals surface area contributed by atoms with Gasteiger partial charge in [0.05, 0.1) is 0 Å². The summed E-state index contributed by atoms with van der Waals surface area (Å²) in [6, 6.07) is 13.6. The Morgan fingerprint density at radius 1 is 1.19 bits per heavy atom. The maximum atomic E-state index is 12.7. The van der Waals surface area contributed by atoms with Gasteiger partial charge in [0, 0.05) is 41.9 Å². The molecule has 5 rings (SSSR count). The van der Waals surface area contributed by atoms with Gasteiger partial charge in [0.1, 0.15) is 0 Å². The largest absolute Gasteiger partial charge is 0.312 e. The first-order valence-corrected chi connectivity index (χ1v) is 8.91. The van der Waals surface area contributed by atoms with Crippen molar-refractivity contribution in [3.8, 4) is 0 Å². The molecule has 1 aromatic carbocycles. The molecule has 1 atom stereocenters. The molecule has 4 heterocycles. The minimum absolute atomic E-state index is 0.136. The summed E-state index contributed by atoms with van der Waals surface area (Å²) in [6.45, 7) is 2.65. The normalized spacial score (nSPS) is 17.7. The highest BCUT2D eigenvalue weighted by molar-refractivity contribution is 6.06. The summed E-state index contributed by atoms with van der Waals surface area (Å²) >= 11 is 0. The summed E-state index contributed by atoms with van der Waals surface area (Å²) in [5.74, 6) is 1.20. The van der Waals surface area contributed by atoms with Crippen molar-refractivity contribution in [2.24, 2.45) is 4.99 Å². The van der Waals surface area contributed by atoms with E-state index in [0.717, 1.165) is 24.2 Å². The molecule has 7 heteroatoms. The number of hydrogen-bond donors (Lipinski definition) is 1. The van der Waals surface area contributed by atoms with Crippen LogP contribution in [0, 0.1) is 6.92 Å². The van der Waals surface area contributed by atoms with Gasteiger partial charge in [0.15, 0.2) is 6.17 Å². The highest BCUT2D eigenvalue weighted by Crippen LogP contribution is 2.31. The number of nitrogens with zero attached hydrogens (tertiary/aromatic N) is 5. The first-order valence-electron chi connectivity index (χ1n) is 8.91. The number of guanidine groups is 1. The molecule has 2 aromatic heterocycles. The van der Waals surface area contributed by atoms with E-state index in [4.69, 9.17) is 4.99 Å². The van der Waals surface area contributed by atoms with Crippen molar-refractivity contribution >= 4 is 17.6 Å². The van der Waals surface area contributed by atoms with Crippen molar-refractivity contribution in [3.05, 3.63) is 82.0 Å². The van der Waals surface area contributed by atoms with Crippen LogP contribution in [0.3, 0.4) is 0 Å². The lowest BCUT2D eigenvalue weighted by Crippen LogP contribution is -2.43. The number of anilines is 2. The molecule has 0 bridgehead atoms. The molecule has 134 valence electrons. The molecule has 0 amide bonds. The average Bonchev–Trinajstić information content (AvgIpc) is 3.11. The van der Waals surface area contributed by atoms with Crippen LogP contribution < -0.4 is 15.8 Å². The first kappa shape index (κ1) is 15.7. The third-order valence-electron chi connectivity index (χ3n) is 4.92. The topological polar surface area (TPSA) is 75.4 Å². The number of nitrogens with one attached hydrogen (secondary N) is 1. The fourth-order valence-electron chi connectivity index (χ4n) is 3.68. The molecule has 7 nitrogen and oxygen atoms in total. The van der Waals surface area contributed by atoms with Gasteiger partial charge in [-0.1, -0.05) is 24.3 Å². The number of hydrogen-bond acceptors (Lipinski definition) is 6. The number of benzene rings is 1. The van der Waals surface area contributed by atoms with Crippen LogP contribution in [0.1, 0.15) is 23.0 Å². The van der Waals surface area contributed by atoms with Gasteiger partial charge in [-0.3, -0.25) is 19.7 Å². The highest BCUT2D eigenvalue weighted by atomic mass is 16.1. The van der Waals surface area contributed by atoms with Gasteiger partial charge in [-0.05, 0) is 31.0 Å². The second-order valence-corrected chi connectivity index (χ2v) is 6.70. The number of aryl methyl sites for hydroxylation is 1. The van der Waals surface area contributed by atoms with Gasteiger partial charge in [-0.2, -0.15) is 0 Å². The number of rotatable bonds is 1. The molecule has 0 saturated carbocycles. The van der Waals surface area contributed by atoms with E-state index in [1.54, 1.807) is 17.0 Å². The Morgan fingerprint density at radius 3 is 2.93 bits per heavy atom. The molecule has 0 fully saturated rings. The Kier molecular flexibility index (Phi) is 3.53. The minimum atomic E-state index is -0.502. The lowest BCUT2D eigenvalue weighted by molar-refractivity contribution is 0.573.